The Morgan fingerprint density at radius 3 is 2.65 bits per heavy atom. The summed E-state index contributed by atoms with van der Waals surface area (Å²) in [6.07, 6.45) is 0.702. The molecule has 7 heteroatoms. The number of aliphatic hydroxyl groups is 1. The predicted octanol–water partition coefficient (Wildman–Crippen LogP) is 6.37. The van der Waals surface area contributed by atoms with Crippen molar-refractivity contribution in [1.29, 1.82) is 0 Å². The third-order valence-electron chi connectivity index (χ3n) is 5.17. The third kappa shape index (κ3) is 5.37. The number of hydrogen-bond acceptors (Lipinski definition) is 5. The number of benzene rings is 2. The lowest BCUT2D eigenvalue weighted by Gasteiger charge is -2.35. The number of hydrogen-bond donors (Lipinski definition) is 1. The second-order valence-electron chi connectivity index (χ2n) is 9.04. The first-order chi connectivity index (χ1) is 14.7. The van der Waals surface area contributed by atoms with E-state index in [2.05, 4.69) is 0 Å². The third-order valence-corrected chi connectivity index (χ3v) is 6.51. The monoisotopic (exact) mass is 458 g/mol. The van der Waals surface area contributed by atoms with Gasteiger partial charge in [-0.3, -0.25) is 4.90 Å². The van der Waals surface area contributed by atoms with Crippen LogP contribution in [0.1, 0.15) is 56.3 Å². The summed E-state index contributed by atoms with van der Waals surface area (Å²) in [4.78, 5) is 19.7. The van der Waals surface area contributed by atoms with Gasteiger partial charge in [0.05, 0.1) is 10.2 Å². The number of aromatic nitrogens is 1. The molecule has 2 aromatic carbocycles. The Bertz CT molecular complexity index is 1040. The van der Waals surface area contributed by atoms with Gasteiger partial charge in [-0.1, -0.05) is 35.9 Å². The fourth-order valence-corrected chi connectivity index (χ4v) is 4.84. The van der Waals surface area contributed by atoms with Crippen LogP contribution in [0.5, 0.6) is 0 Å². The van der Waals surface area contributed by atoms with Crippen molar-refractivity contribution in [2.24, 2.45) is 5.92 Å². The first-order valence-electron chi connectivity index (χ1n) is 10.5. The summed E-state index contributed by atoms with van der Waals surface area (Å²) >= 11 is 7.69. The van der Waals surface area contributed by atoms with E-state index in [1.165, 1.54) is 11.3 Å². The molecule has 0 saturated heterocycles. The Morgan fingerprint density at radius 2 is 2.00 bits per heavy atom. The van der Waals surface area contributed by atoms with Crippen molar-refractivity contribution in [2.75, 3.05) is 6.54 Å². The molecule has 1 aromatic heterocycles. The molecule has 0 aliphatic heterocycles. The van der Waals surface area contributed by atoms with Gasteiger partial charge in [-0.25, -0.2) is 9.78 Å². The number of para-hydroxylation sites is 1. The van der Waals surface area contributed by atoms with Crippen LogP contribution >= 0.6 is 22.9 Å². The van der Waals surface area contributed by atoms with E-state index < -0.39 is 23.8 Å². The number of fused-ring (bicyclic) bond motifs is 1. The van der Waals surface area contributed by atoms with Crippen molar-refractivity contribution in [3.63, 3.8) is 0 Å². The van der Waals surface area contributed by atoms with Crippen LogP contribution in [-0.4, -0.2) is 33.2 Å². The zero-order valence-corrected chi connectivity index (χ0v) is 19.5. The summed E-state index contributed by atoms with van der Waals surface area (Å²) in [5, 5.41) is 12.7. The Kier molecular flexibility index (Phi) is 6.24. The molecule has 0 radical (unpaired) electrons. The molecule has 1 heterocycles. The second kappa shape index (κ2) is 8.77. The Morgan fingerprint density at radius 1 is 1.26 bits per heavy atom. The number of halogens is 1. The van der Waals surface area contributed by atoms with Crippen molar-refractivity contribution in [1.82, 2.24) is 9.88 Å². The molecular formula is C24H27ClN2O3S. The van der Waals surface area contributed by atoms with Crippen LogP contribution in [0.15, 0.2) is 48.5 Å². The normalized spacial score (nSPS) is 16.2. The van der Waals surface area contributed by atoms with E-state index in [0.717, 1.165) is 23.1 Å². The van der Waals surface area contributed by atoms with Gasteiger partial charge in [-0.05, 0) is 69.4 Å². The number of nitrogens with zero attached hydrogens (tertiary/aromatic N) is 2. The maximum Gasteiger partial charge on any atom is 0.410 e. The molecule has 1 fully saturated rings. The zero-order chi connectivity index (χ0) is 22.2. The van der Waals surface area contributed by atoms with E-state index in [9.17, 15) is 9.90 Å². The number of amides is 1. The van der Waals surface area contributed by atoms with E-state index in [1.54, 1.807) is 23.1 Å². The molecule has 0 unspecified atom stereocenters. The highest BCUT2D eigenvalue weighted by atomic mass is 35.5. The van der Waals surface area contributed by atoms with E-state index in [-0.39, 0.29) is 0 Å². The van der Waals surface area contributed by atoms with E-state index >= 15 is 0 Å². The lowest BCUT2D eigenvalue weighted by molar-refractivity contribution is -0.00883. The highest BCUT2D eigenvalue weighted by Crippen LogP contribution is 2.42. The first-order valence-corrected chi connectivity index (χ1v) is 11.7. The van der Waals surface area contributed by atoms with Crippen LogP contribution in [-0.2, 0) is 4.74 Å². The van der Waals surface area contributed by atoms with Crippen LogP contribution in [0, 0.1) is 5.92 Å². The van der Waals surface area contributed by atoms with Gasteiger partial charge in [0.2, 0.25) is 0 Å². The SMILES string of the molecule is CC(C)(C)OC(=O)N(CC1CC1)[C@H](c1nc2ccccc2s1)[C@H](O)c1cccc(Cl)c1. The summed E-state index contributed by atoms with van der Waals surface area (Å²) in [6, 6.07) is 14.3. The van der Waals surface area contributed by atoms with Gasteiger partial charge >= 0.3 is 6.09 Å². The van der Waals surface area contributed by atoms with E-state index in [4.69, 9.17) is 21.3 Å². The molecule has 1 N–H and O–H groups in total. The maximum absolute atomic E-state index is 13.3. The molecule has 1 aliphatic rings. The van der Waals surface area contributed by atoms with Gasteiger partial charge < -0.3 is 9.84 Å². The van der Waals surface area contributed by atoms with Crippen LogP contribution in [0.4, 0.5) is 4.79 Å². The maximum atomic E-state index is 13.3. The lowest BCUT2D eigenvalue weighted by Crippen LogP contribution is -2.42. The van der Waals surface area contributed by atoms with Gasteiger partial charge in [0.1, 0.15) is 22.8 Å². The van der Waals surface area contributed by atoms with Crippen molar-refractivity contribution in [2.45, 2.75) is 51.4 Å². The Balaban J connectivity index is 1.79. The standard InChI is InChI=1S/C24H27ClN2O3S/c1-24(2,3)30-23(29)27(14-15-11-12-15)20(21(28)16-7-6-8-17(25)13-16)22-26-18-9-4-5-10-19(18)31-22/h4-10,13,15,20-21,28H,11-12,14H2,1-3H3/t20-,21+/m0/s1. The number of thiazole rings is 1. The van der Waals surface area contributed by atoms with Gasteiger partial charge in [-0.2, -0.15) is 0 Å². The molecular weight excluding hydrogens is 432 g/mol. The molecule has 4 rings (SSSR count). The quantitative estimate of drug-likeness (QED) is 0.466. The van der Waals surface area contributed by atoms with Crippen LogP contribution in [0.2, 0.25) is 5.02 Å². The highest BCUT2D eigenvalue weighted by molar-refractivity contribution is 7.18. The average Bonchev–Trinajstić information content (AvgIpc) is 3.42. The minimum atomic E-state index is -0.995. The number of carbonyl (C=O) groups excluding carboxylic acids is 1. The lowest BCUT2D eigenvalue weighted by atomic mass is 10.0. The van der Waals surface area contributed by atoms with Gasteiger partial charge in [0.25, 0.3) is 0 Å². The molecule has 0 bridgehead atoms. The topological polar surface area (TPSA) is 62.7 Å². The number of ether oxygens (including phenoxy) is 1. The smallest absolute Gasteiger partial charge is 0.410 e. The molecule has 1 amide bonds. The van der Waals surface area contributed by atoms with Crippen LogP contribution in [0.3, 0.4) is 0 Å². The van der Waals surface area contributed by atoms with Crippen LogP contribution < -0.4 is 0 Å². The summed E-state index contributed by atoms with van der Waals surface area (Å²) in [5.41, 5.74) is 0.848. The van der Waals surface area contributed by atoms with Crippen LogP contribution in [0.25, 0.3) is 10.2 Å². The second-order valence-corrected chi connectivity index (χ2v) is 10.5. The van der Waals surface area contributed by atoms with Crippen molar-refractivity contribution in [3.05, 3.63) is 64.1 Å². The molecule has 3 aromatic rings. The van der Waals surface area contributed by atoms with E-state index in [0.29, 0.717) is 28.1 Å². The largest absolute Gasteiger partial charge is 0.444 e. The van der Waals surface area contributed by atoms with Crippen molar-refractivity contribution < 1.29 is 14.6 Å². The first kappa shape index (κ1) is 22.1. The minimum Gasteiger partial charge on any atom is -0.444 e. The summed E-state index contributed by atoms with van der Waals surface area (Å²) < 4.78 is 6.75. The molecule has 2 atom stereocenters. The highest BCUT2D eigenvalue weighted by Gasteiger charge is 2.40. The van der Waals surface area contributed by atoms with Gasteiger partial charge in [0, 0.05) is 11.6 Å². The van der Waals surface area contributed by atoms with Crippen molar-refractivity contribution in [3.8, 4) is 0 Å². The fraction of sp³-hybridized carbons (Fsp3) is 0.417. The summed E-state index contributed by atoms with van der Waals surface area (Å²) in [6.45, 7) is 6.06. The Labute approximate surface area is 191 Å². The van der Waals surface area contributed by atoms with Gasteiger partial charge in [0.15, 0.2) is 0 Å². The zero-order valence-electron chi connectivity index (χ0n) is 17.9. The number of rotatable bonds is 6. The average molecular weight is 459 g/mol. The van der Waals surface area contributed by atoms with Crippen molar-refractivity contribution >= 4 is 39.2 Å². The molecule has 1 aliphatic carbocycles. The summed E-state index contributed by atoms with van der Waals surface area (Å²) in [5.74, 6) is 0.413. The summed E-state index contributed by atoms with van der Waals surface area (Å²) in [7, 11) is 0. The molecule has 164 valence electrons. The minimum absolute atomic E-state index is 0.413. The number of carbonyl (C=O) groups is 1. The molecule has 1 saturated carbocycles. The molecule has 5 nitrogen and oxygen atoms in total. The molecule has 0 spiro atoms. The fourth-order valence-electron chi connectivity index (χ4n) is 3.53. The molecule has 31 heavy (non-hydrogen) atoms. The van der Waals surface area contributed by atoms with E-state index in [1.807, 2.05) is 51.1 Å². The predicted molar refractivity (Wildman–Crippen MR) is 124 cm³/mol. The van der Waals surface area contributed by atoms with Gasteiger partial charge in [-0.15, -0.1) is 11.3 Å². The Hall–Kier alpha value is -2.15. The number of aliphatic hydroxyl groups excluding tert-OH is 1.